The Morgan fingerprint density at radius 1 is 1.54 bits per heavy atom. The minimum absolute atomic E-state index is 0.300. The van der Waals surface area contributed by atoms with Gasteiger partial charge in [-0.05, 0) is 17.7 Å². The number of carbonyl (C=O) groups excluding carboxylic acids is 1. The number of hydrogen-bond donors (Lipinski definition) is 3. The molecule has 0 atom stereocenters. The molecule has 0 saturated heterocycles. The van der Waals surface area contributed by atoms with Gasteiger partial charge in [0.05, 0.1) is 6.61 Å². The van der Waals surface area contributed by atoms with Gasteiger partial charge in [0, 0.05) is 5.69 Å². The van der Waals surface area contributed by atoms with Crippen molar-refractivity contribution in [3.63, 3.8) is 0 Å². The molecule has 0 saturated carbocycles. The molecule has 0 aliphatic carbocycles. The summed E-state index contributed by atoms with van der Waals surface area (Å²) in [5.41, 5.74) is 6.44. The van der Waals surface area contributed by atoms with Gasteiger partial charge in [0.15, 0.2) is 0 Å². The number of nitrogens with one attached hydrogen (secondary N) is 1. The van der Waals surface area contributed by atoms with Crippen molar-refractivity contribution in [2.75, 3.05) is 5.32 Å². The van der Waals surface area contributed by atoms with E-state index in [0.717, 1.165) is 5.56 Å². The zero-order chi connectivity index (χ0) is 9.68. The fourth-order valence-electron chi connectivity index (χ4n) is 0.977. The van der Waals surface area contributed by atoms with Gasteiger partial charge in [-0.15, -0.1) is 0 Å². The minimum Gasteiger partial charge on any atom is -0.351 e. The summed E-state index contributed by atoms with van der Waals surface area (Å²) in [7, 11) is 0. The van der Waals surface area contributed by atoms with Gasteiger partial charge in [0.25, 0.3) is 0 Å². The first-order valence-corrected chi connectivity index (χ1v) is 3.69. The Morgan fingerprint density at radius 2 is 2.31 bits per heavy atom. The SMILES string of the molecule is NOCc1cccc(NC(N)=O)c1. The zero-order valence-corrected chi connectivity index (χ0v) is 6.99. The van der Waals surface area contributed by atoms with Crippen LogP contribution in [0.3, 0.4) is 0 Å². The Balaban J connectivity index is 2.73. The first-order valence-electron chi connectivity index (χ1n) is 3.69. The highest BCUT2D eigenvalue weighted by molar-refractivity contribution is 5.87. The largest absolute Gasteiger partial charge is 0.351 e. The second-order valence-electron chi connectivity index (χ2n) is 2.50. The van der Waals surface area contributed by atoms with Gasteiger partial charge >= 0.3 is 6.03 Å². The van der Waals surface area contributed by atoms with Crippen LogP contribution in [-0.4, -0.2) is 6.03 Å². The lowest BCUT2D eigenvalue weighted by molar-refractivity contribution is 0.124. The van der Waals surface area contributed by atoms with Crippen molar-refractivity contribution in [2.45, 2.75) is 6.61 Å². The van der Waals surface area contributed by atoms with Crippen molar-refractivity contribution < 1.29 is 9.63 Å². The molecular formula is C8H11N3O2. The lowest BCUT2D eigenvalue weighted by atomic mass is 10.2. The predicted octanol–water partition coefficient (Wildman–Crippen LogP) is 0.567. The summed E-state index contributed by atoms with van der Waals surface area (Å²) in [4.78, 5) is 14.9. The number of benzene rings is 1. The van der Waals surface area contributed by atoms with Gasteiger partial charge in [-0.2, -0.15) is 0 Å². The molecule has 0 heterocycles. The van der Waals surface area contributed by atoms with Crippen molar-refractivity contribution in [2.24, 2.45) is 11.6 Å². The van der Waals surface area contributed by atoms with Gasteiger partial charge in [-0.1, -0.05) is 12.1 Å². The van der Waals surface area contributed by atoms with E-state index in [1.165, 1.54) is 0 Å². The highest BCUT2D eigenvalue weighted by Gasteiger charge is 1.97. The summed E-state index contributed by atoms with van der Waals surface area (Å²) in [6, 6.07) is 6.48. The van der Waals surface area contributed by atoms with E-state index in [0.29, 0.717) is 12.3 Å². The predicted molar refractivity (Wildman–Crippen MR) is 48.6 cm³/mol. The third-order valence-corrected chi connectivity index (χ3v) is 1.44. The molecule has 2 amide bonds. The number of amides is 2. The first kappa shape index (κ1) is 9.50. The molecule has 5 heteroatoms. The molecule has 0 aromatic heterocycles. The molecule has 0 aliphatic rings. The van der Waals surface area contributed by atoms with Crippen LogP contribution in [0.25, 0.3) is 0 Å². The lowest BCUT2D eigenvalue weighted by Crippen LogP contribution is -2.19. The Morgan fingerprint density at radius 3 is 2.92 bits per heavy atom. The van der Waals surface area contributed by atoms with Crippen LogP contribution in [-0.2, 0) is 11.4 Å². The Hall–Kier alpha value is -1.59. The molecule has 0 bridgehead atoms. The molecule has 1 aromatic rings. The van der Waals surface area contributed by atoms with E-state index >= 15 is 0 Å². The summed E-state index contributed by atoms with van der Waals surface area (Å²) in [6.07, 6.45) is 0. The number of urea groups is 1. The van der Waals surface area contributed by atoms with E-state index in [9.17, 15) is 4.79 Å². The van der Waals surface area contributed by atoms with Gasteiger partial charge < -0.3 is 11.1 Å². The molecule has 0 aliphatic heterocycles. The van der Waals surface area contributed by atoms with Crippen LogP contribution < -0.4 is 16.9 Å². The maximum atomic E-state index is 10.5. The van der Waals surface area contributed by atoms with Crippen LogP contribution in [0.1, 0.15) is 5.56 Å². The number of rotatable bonds is 3. The fourth-order valence-corrected chi connectivity index (χ4v) is 0.977. The van der Waals surface area contributed by atoms with E-state index in [-0.39, 0.29) is 0 Å². The Kier molecular flexibility index (Phi) is 3.24. The molecular weight excluding hydrogens is 170 g/mol. The average molecular weight is 181 g/mol. The van der Waals surface area contributed by atoms with E-state index in [4.69, 9.17) is 11.6 Å². The van der Waals surface area contributed by atoms with Crippen LogP contribution in [0.5, 0.6) is 0 Å². The van der Waals surface area contributed by atoms with E-state index in [1.807, 2.05) is 6.07 Å². The molecule has 70 valence electrons. The monoisotopic (exact) mass is 181 g/mol. The molecule has 0 fully saturated rings. The maximum absolute atomic E-state index is 10.5. The summed E-state index contributed by atoms with van der Waals surface area (Å²) < 4.78 is 0. The first-order chi connectivity index (χ1) is 6.22. The Labute approximate surface area is 75.6 Å². The van der Waals surface area contributed by atoms with E-state index < -0.39 is 6.03 Å². The molecule has 0 spiro atoms. The fraction of sp³-hybridized carbons (Fsp3) is 0.125. The number of anilines is 1. The molecule has 1 rings (SSSR count). The number of hydrogen-bond acceptors (Lipinski definition) is 3. The Bertz CT molecular complexity index is 301. The second kappa shape index (κ2) is 4.44. The zero-order valence-electron chi connectivity index (χ0n) is 6.99. The van der Waals surface area contributed by atoms with Gasteiger partial charge in [0.1, 0.15) is 0 Å². The van der Waals surface area contributed by atoms with E-state index in [1.54, 1.807) is 18.2 Å². The normalized spacial score (nSPS) is 9.62. The van der Waals surface area contributed by atoms with Crippen molar-refractivity contribution in [3.8, 4) is 0 Å². The van der Waals surface area contributed by atoms with Crippen molar-refractivity contribution in [1.29, 1.82) is 0 Å². The molecule has 0 radical (unpaired) electrons. The average Bonchev–Trinajstić information content (AvgIpc) is 2.04. The van der Waals surface area contributed by atoms with Crippen LogP contribution in [0, 0.1) is 0 Å². The molecule has 5 nitrogen and oxygen atoms in total. The number of nitrogens with two attached hydrogens (primary N) is 2. The van der Waals surface area contributed by atoms with Gasteiger partial charge in [-0.3, -0.25) is 4.84 Å². The third-order valence-electron chi connectivity index (χ3n) is 1.44. The van der Waals surface area contributed by atoms with Crippen molar-refractivity contribution >= 4 is 11.7 Å². The third kappa shape index (κ3) is 3.10. The second-order valence-corrected chi connectivity index (χ2v) is 2.50. The molecule has 5 N–H and O–H groups in total. The van der Waals surface area contributed by atoms with Crippen LogP contribution in [0.2, 0.25) is 0 Å². The standard InChI is InChI=1S/C8H11N3O2/c9-8(12)11-7-3-1-2-6(4-7)5-13-10/h1-4H,5,10H2,(H3,9,11,12). The number of carbonyl (C=O) groups is 1. The van der Waals surface area contributed by atoms with Crippen LogP contribution in [0.15, 0.2) is 24.3 Å². The number of primary amides is 1. The summed E-state index contributed by atoms with van der Waals surface area (Å²) in [5.74, 6) is 4.90. The van der Waals surface area contributed by atoms with Gasteiger partial charge in [0.2, 0.25) is 0 Å². The highest BCUT2D eigenvalue weighted by Crippen LogP contribution is 2.10. The molecule has 0 unspecified atom stereocenters. The summed E-state index contributed by atoms with van der Waals surface area (Å²) in [6.45, 7) is 0.300. The van der Waals surface area contributed by atoms with E-state index in [2.05, 4.69) is 10.2 Å². The minimum atomic E-state index is -0.592. The highest BCUT2D eigenvalue weighted by atomic mass is 16.6. The molecule has 1 aromatic carbocycles. The maximum Gasteiger partial charge on any atom is 0.316 e. The van der Waals surface area contributed by atoms with Crippen molar-refractivity contribution in [1.82, 2.24) is 0 Å². The quantitative estimate of drug-likeness (QED) is 0.595. The van der Waals surface area contributed by atoms with Crippen LogP contribution in [0.4, 0.5) is 10.5 Å². The van der Waals surface area contributed by atoms with Gasteiger partial charge in [-0.25, -0.2) is 10.7 Å². The molecule has 13 heavy (non-hydrogen) atoms. The van der Waals surface area contributed by atoms with Crippen LogP contribution >= 0.6 is 0 Å². The van der Waals surface area contributed by atoms with Crippen molar-refractivity contribution in [3.05, 3.63) is 29.8 Å². The lowest BCUT2D eigenvalue weighted by Gasteiger charge is -2.03. The smallest absolute Gasteiger partial charge is 0.316 e. The summed E-state index contributed by atoms with van der Waals surface area (Å²) in [5, 5.41) is 2.45. The topological polar surface area (TPSA) is 90.4 Å². The summed E-state index contributed by atoms with van der Waals surface area (Å²) >= 11 is 0.